The quantitative estimate of drug-likeness (QED) is 0.695. The first-order chi connectivity index (χ1) is 13.6. The van der Waals surface area contributed by atoms with Crippen molar-refractivity contribution < 1.29 is 33.7 Å². The minimum atomic E-state index is -0.910. The lowest BCUT2D eigenvalue weighted by molar-refractivity contribution is -0.175. The topological polar surface area (TPSA) is 99.1 Å². The molecule has 1 aliphatic heterocycles. The van der Waals surface area contributed by atoms with Gasteiger partial charge in [0, 0.05) is 12.5 Å². The predicted molar refractivity (Wildman–Crippen MR) is 104 cm³/mol. The lowest BCUT2D eigenvalue weighted by Crippen LogP contribution is -2.60. The second-order valence-electron chi connectivity index (χ2n) is 9.79. The standard InChI is InChI=1S/C22H34O7/c1-13(2)22-11-7-14(16(24)17(22)28-19(26)29-22)20(3)9-6-10-21(4,18(25)27-5)15(20)8-12-23/h13-15,17,23H,6-12H2,1-5H3/t14-,15+,17-,20+,21+,22-/m0/s1. The van der Waals surface area contributed by atoms with Gasteiger partial charge in [0.25, 0.3) is 0 Å². The molecule has 1 N–H and O–H groups in total. The van der Waals surface area contributed by atoms with Crippen LogP contribution in [0.3, 0.4) is 0 Å². The number of aliphatic hydroxyl groups is 1. The molecule has 1 saturated heterocycles. The fraction of sp³-hybridized carbons (Fsp3) is 0.864. The number of hydrogen-bond acceptors (Lipinski definition) is 7. The molecule has 3 aliphatic rings. The van der Waals surface area contributed by atoms with Crippen LogP contribution in [-0.2, 0) is 23.8 Å². The lowest BCUT2D eigenvalue weighted by atomic mass is 9.48. The zero-order valence-electron chi connectivity index (χ0n) is 18.2. The molecule has 164 valence electrons. The average Bonchev–Trinajstić information content (AvgIpc) is 3.03. The van der Waals surface area contributed by atoms with Gasteiger partial charge in [0.15, 0.2) is 11.4 Å². The van der Waals surface area contributed by atoms with E-state index in [-0.39, 0.29) is 36.1 Å². The van der Waals surface area contributed by atoms with Crippen LogP contribution in [0, 0.1) is 28.6 Å². The van der Waals surface area contributed by atoms with Crippen LogP contribution >= 0.6 is 0 Å². The Labute approximate surface area is 172 Å². The number of carbonyl (C=O) groups excluding carboxylic acids is 3. The number of aliphatic hydroxyl groups excluding tert-OH is 1. The third-order valence-corrected chi connectivity index (χ3v) is 8.18. The van der Waals surface area contributed by atoms with Gasteiger partial charge in [-0.2, -0.15) is 0 Å². The molecule has 3 fully saturated rings. The largest absolute Gasteiger partial charge is 0.509 e. The minimum absolute atomic E-state index is 0.0448. The van der Waals surface area contributed by atoms with Gasteiger partial charge in [-0.3, -0.25) is 9.59 Å². The second-order valence-corrected chi connectivity index (χ2v) is 9.79. The molecule has 0 unspecified atom stereocenters. The van der Waals surface area contributed by atoms with E-state index in [2.05, 4.69) is 6.92 Å². The van der Waals surface area contributed by atoms with E-state index in [1.807, 2.05) is 20.8 Å². The number of fused-ring (bicyclic) bond motifs is 1. The number of Topliss-reactive ketones (excluding diaryl/α,β-unsaturated/α-hetero) is 1. The first-order valence-corrected chi connectivity index (χ1v) is 10.7. The summed E-state index contributed by atoms with van der Waals surface area (Å²) >= 11 is 0. The van der Waals surface area contributed by atoms with Gasteiger partial charge in [-0.25, -0.2) is 4.79 Å². The number of methoxy groups -OCH3 is 1. The number of ether oxygens (including phenoxy) is 3. The molecule has 0 amide bonds. The Hall–Kier alpha value is -1.63. The van der Waals surface area contributed by atoms with Gasteiger partial charge < -0.3 is 19.3 Å². The summed E-state index contributed by atoms with van der Waals surface area (Å²) in [7, 11) is 1.38. The summed E-state index contributed by atoms with van der Waals surface area (Å²) in [6.07, 6.45) is 2.08. The van der Waals surface area contributed by atoms with Gasteiger partial charge in [-0.1, -0.05) is 27.2 Å². The molecule has 0 aromatic heterocycles. The molecule has 3 rings (SSSR count). The molecule has 29 heavy (non-hydrogen) atoms. The zero-order chi connectivity index (χ0) is 21.6. The van der Waals surface area contributed by atoms with Crippen LogP contribution in [-0.4, -0.2) is 48.4 Å². The molecule has 0 bridgehead atoms. The van der Waals surface area contributed by atoms with E-state index in [0.717, 1.165) is 12.8 Å². The highest BCUT2D eigenvalue weighted by Gasteiger charge is 2.65. The van der Waals surface area contributed by atoms with Gasteiger partial charge in [0.1, 0.15) is 0 Å². The average molecular weight is 411 g/mol. The van der Waals surface area contributed by atoms with E-state index in [9.17, 15) is 19.5 Å². The van der Waals surface area contributed by atoms with Crippen molar-refractivity contribution in [3.63, 3.8) is 0 Å². The predicted octanol–water partition coefficient (Wildman–Crippen LogP) is 3.26. The van der Waals surface area contributed by atoms with Gasteiger partial charge in [0.05, 0.1) is 12.5 Å². The molecular weight excluding hydrogens is 376 g/mol. The molecular formula is C22H34O7. The van der Waals surface area contributed by atoms with Crippen molar-refractivity contribution in [2.75, 3.05) is 13.7 Å². The van der Waals surface area contributed by atoms with E-state index in [1.54, 1.807) is 0 Å². The van der Waals surface area contributed by atoms with E-state index >= 15 is 0 Å². The van der Waals surface area contributed by atoms with Gasteiger partial charge in [-0.05, 0) is 56.3 Å². The Morgan fingerprint density at radius 1 is 1.24 bits per heavy atom. The van der Waals surface area contributed by atoms with Crippen LogP contribution in [0.4, 0.5) is 4.79 Å². The highest BCUT2D eigenvalue weighted by atomic mass is 16.8. The van der Waals surface area contributed by atoms with Crippen molar-refractivity contribution in [1.29, 1.82) is 0 Å². The third kappa shape index (κ3) is 3.16. The van der Waals surface area contributed by atoms with Crippen molar-refractivity contribution in [2.24, 2.45) is 28.6 Å². The Morgan fingerprint density at radius 3 is 2.52 bits per heavy atom. The zero-order valence-corrected chi connectivity index (χ0v) is 18.2. The summed E-state index contributed by atoms with van der Waals surface area (Å²) in [6, 6.07) is 0. The van der Waals surface area contributed by atoms with Crippen molar-refractivity contribution >= 4 is 17.9 Å². The third-order valence-electron chi connectivity index (χ3n) is 8.18. The number of ketones is 1. The molecule has 0 radical (unpaired) electrons. The van der Waals surface area contributed by atoms with Gasteiger partial charge in [-0.15, -0.1) is 0 Å². The van der Waals surface area contributed by atoms with Crippen LogP contribution in [0.5, 0.6) is 0 Å². The normalized spacial score (nSPS) is 42.2. The summed E-state index contributed by atoms with van der Waals surface area (Å²) in [4.78, 5) is 38.3. The number of carbonyl (C=O) groups is 3. The Balaban J connectivity index is 1.99. The maximum Gasteiger partial charge on any atom is 0.509 e. The maximum absolute atomic E-state index is 13.6. The summed E-state index contributed by atoms with van der Waals surface area (Å²) in [5.74, 6) is -1.03. The fourth-order valence-electron chi connectivity index (χ4n) is 6.55. The number of hydrogen-bond donors (Lipinski definition) is 1. The second kappa shape index (κ2) is 7.56. The van der Waals surface area contributed by atoms with E-state index in [0.29, 0.717) is 25.7 Å². The summed E-state index contributed by atoms with van der Waals surface area (Å²) < 4.78 is 16.0. The summed E-state index contributed by atoms with van der Waals surface area (Å²) in [6.45, 7) is 7.75. The molecule has 0 aromatic carbocycles. The number of esters is 1. The fourth-order valence-corrected chi connectivity index (χ4v) is 6.55. The summed E-state index contributed by atoms with van der Waals surface area (Å²) in [5, 5.41) is 9.77. The first kappa shape index (κ1) is 22.1. The van der Waals surface area contributed by atoms with Crippen LogP contribution in [0.15, 0.2) is 0 Å². The van der Waals surface area contributed by atoms with Crippen molar-refractivity contribution in [3.05, 3.63) is 0 Å². The highest BCUT2D eigenvalue weighted by molar-refractivity contribution is 5.91. The molecule has 7 heteroatoms. The summed E-state index contributed by atoms with van der Waals surface area (Å²) in [5.41, 5.74) is -2.17. The van der Waals surface area contributed by atoms with Gasteiger partial charge >= 0.3 is 12.1 Å². The molecule has 1 heterocycles. The molecule has 0 spiro atoms. The Morgan fingerprint density at radius 2 is 1.93 bits per heavy atom. The number of rotatable bonds is 5. The smallest absolute Gasteiger partial charge is 0.469 e. The van der Waals surface area contributed by atoms with E-state index < -0.39 is 28.7 Å². The molecule has 0 aromatic rings. The van der Waals surface area contributed by atoms with E-state index in [4.69, 9.17) is 14.2 Å². The van der Waals surface area contributed by atoms with Gasteiger partial charge in [0.2, 0.25) is 6.10 Å². The van der Waals surface area contributed by atoms with Crippen molar-refractivity contribution in [1.82, 2.24) is 0 Å². The molecule has 6 atom stereocenters. The lowest BCUT2D eigenvalue weighted by Gasteiger charge is -2.55. The molecule has 2 saturated carbocycles. The molecule has 7 nitrogen and oxygen atoms in total. The van der Waals surface area contributed by atoms with Crippen LogP contribution in [0.25, 0.3) is 0 Å². The van der Waals surface area contributed by atoms with Crippen LogP contribution in [0.1, 0.15) is 66.2 Å². The molecule has 2 aliphatic carbocycles. The van der Waals surface area contributed by atoms with Crippen LogP contribution in [0.2, 0.25) is 0 Å². The Bertz CT molecular complexity index is 689. The Kier molecular flexibility index (Phi) is 5.75. The monoisotopic (exact) mass is 410 g/mol. The van der Waals surface area contributed by atoms with Crippen LogP contribution < -0.4 is 0 Å². The highest BCUT2D eigenvalue weighted by Crippen LogP contribution is 2.60. The van der Waals surface area contributed by atoms with E-state index in [1.165, 1.54) is 7.11 Å². The van der Waals surface area contributed by atoms with Crippen molar-refractivity contribution in [3.8, 4) is 0 Å². The minimum Gasteiger partial charge on any atom is -0.469 e. The maximum atomic E-state index is 13.6. The first-order valence-electron chi connectivity index (χ1n) is 10.7. The van der Waals surface area contributed by atoms with Crippen molar-refractivity contribution in [2.45, 2.75) is 77.9 Å². The SMILES string of the molecule is COC(=O)[C@]1(C)CCC[C@](C)([C@H]2CC[C@@]3(C(C)C)OC(=O)O[C@H]3C2=O)[C@H]1CCO.